The SMILES string of the molecule is Cc1ccc(C)c(OCC(=O)NNC(=O)CCC(=O)N2CCOc3ccccc32)c1. The van der Waals surface area contributed by atoms with E-state index in [1.54, 1.807) is 11.0 Å². The van der Waals surface area contributed by atoms with Crippen molar-refractivity contribution in [2.75, 3.05) is 24.7 Å². The van der Waals surface area contributed by atoms with Crippen molar-refractivity contribution in [2.24, 2.45) is 0 Å². The number of benzene rings is 2. The van der Waals surface area contributed by atoms with Gasteiger partial charge in [0.2, 0.25) is 11.8 Å². The average molecular weight is 411 g/mol. The molecule has 3 rings (SSSR count). The molecule has 1 heterocycles. The highest BCUT2D eigenvalue weighted by molar-refractivity contribution is 5.97. The first-order valence-corrected chi connectivity index (χ1v) is 9.74. The number of hydrogen-bond donors (Lipinski definition) is 2. The van der Waals surface area contributed by atoms with Gasteiger partial charge in [-0.3, -0.25) is 25.2 Å². The third kappa shape index (κ3) is 5.50. The molecule has 8 heteroatoms. The van der Waals surface area contributed by atoms with Gasteiger partial charge in [-0.25, -0.2) is 0 Å². The van der Waals surface area contributed by atoms with E-state index in [2.05, 4.69) is 10.9 Å². The molecule has 1 aliphatic heterocycles. The number of anilines is 1. The number of aryl methyl sites for hydroxylation is 2. The van der Waals surface area contributed by atoms with Gasteiger partial charge in [-0.2, -0.15) is 0 Å². The van der Waals surface area contributed by atoms with Gasteiger partial charge in [0.15, 0.2) is 6.61 Å². The molecule has 2 N–H and O–H groups in total. The molecule has 0 fully saturated rings. The van der Waals surface area contributed by atoms with Gasteiger partial charge in [0, 0.05) is 12.8 Å². The van der Waals surface area contributed by atoms with E-state index in [1.807, 2.05) is 50.2 Å². The van der Waals surface area contributed by atoms with Crippen molar-refractivity contribution in [3.8, 4) is 11.5 Å². The average Bonchev–Trinajstić information content (AvgIpc) is 2.76. The number of hydrazine groups is 1. The molecular formula is C22H25N3O5. The molecule has 8 nitrogen and oxygen atoms in total. The number of rotatable bonds is 6. The third-order valence-electron chi connectivity index (χ3n) is 4.64. The Labute approximate surface area is 175 Å². The summed E-state index contributed by atoms with van der Waals surface area (Å²) in [5.74, 6) is 0.152. The molecule has 158 valence electrons. The first-order chi connectivity index (χ1) is 14.4. The zero-order valence-corrected chi connectivity index (χ0v) is 17.1. The van der Waals surface area contributed by atoms with E-state index in [0.717, 1.165) is 11.1 Å². The molecule has 0 saturated carbocycles. The monoisotopic (exact) mass is 411 g/mol. The van der Waals surface area contributed by atoms with Gasteiger partial charge < -0.3 is 14.4 Å². The van der Waals surface area contributed by atoms with Gasteiger partial charge in [0.1, 0.15) is 18.1 Å². The first-order valence-electron chi connectivity index (χ1n) is 9.74. The Morgan fingerprint density at radius 3 is 2.63 bits per heavy atom. The summed E-state index contributed by atoms with van der Waals surface area (Å²) in [5, 5.41) is 0. The van der Waals surface area contributed by atoms with Crippen LogP contribution < -0.4 is 25.2 Å². The Hall–Kier alpha value is -3.55. The highest BCUT2D eigenvalue weighted by Gasteiger charge is 2.23. The van der Waals surface area contributed by atoms with Gasteiger partial charge in [0.25, 0.3) is 5.91 Å². The lowest BCUT2D eigenvalue weighted by molar-refractivity contribution is -0.130. The van der Waals surface area contributed by atoms with Crippen LogP contribution in [0.4, 0.5) is 5.69 Å². The number of carbonyl (C=O) groups excluding carboxylic acids is 3. The number of para-hydroxylation sites is 2. The maximum absolute atomic E-state index is 12.5. The molecule has 2 aromatic carbocycles. The zero-order chi connectivity index (χ0) is 21.5. The van der Waals surface area contributed by atoms with Crippen molar-refractivity contribution in [2.45, 2.75) is 26.7 Å². The molecule has 0 aliphatic carbocycles. The van der Waals surface area contributed by atoms with Crippen LogP contribution >= 0.6 is 0 Å². The Morgan fingerprint density at radius 1 is 1.03 bits per heavy atom. The lowest BCUT2D eigenvalue weighted by atomic mass is 10.1. The minimum atomic E-state index is -0.488. The second-order valence-electron chi connectivity index (χ2n) is 7.02. The number of ether oxygens (including phenoxy) is 2. The van der Waals surface area contributed by atoms with Crippen molar-refractivity contribution < 1.29 is 23.9 Å². The number of nitrogens with one attached hydrogen (secondary N) is 2. The smallest absolute Gasteiger partial charge is 0.276 e. The quantitative estimate of drug-likeness (QED) is 0.709. The van der Waals surface area contributed by atoms with E-state index in [0.29, 0.717) is 30.3 Å². The summed E-state index contributed by atoms with van der Waals surface area (Å²) < 4.78 is 11.0. The summed E-state index contributed by atoms with van der Waals surface area (Å²) in [6.07, 6.45) is -0.0223. The Bertz CT molecular complexity index is 944. The summed E-state index contributed by atoms with van der Waals surface area (Å²) in [5.41, 5.74) is 7.25. The number of carbonyl (C=O) groups is 3. The van der Waals surface area contributed by atoms with Gasteiger partial charge in [-0.1, -0.05) is 24.3 Å². The molecular weight excluding hydrogens is 386 g/mol. The summed E-state index contributed by atoms with van der Waals surface area (Å²) >= 11 is 0. The fourth-order valence-corrected chi connectivity index (χ4v) is 3.03. The number of nitrogens with zero attached hydrogens (tertiary/aromatic N) is 1. The Kier molecular flexibility index (Phi) is 6.90. The molecule has 0 saturated heterocycles. The van der Waals surface area contributed by atoms with Crippen LogP contribution in [0, 0.1) is 13.8 Å². The second kappa shape index (κ2) is 9.78. The van der Waals surface area contributed by atoms with Crippen molar-refractivity contribution >= 4 is 23.4 Å². The Morgan fingerprint density at radius 2 is 1.80 bits per heavy atom. The second-order valence-corrected chi connectivity index (χ2v) is 7.02. The summed E-state index contributed by atoms with van der Waals surface area (Å²) in [6.45, 7) is 4.44. The van der Waals surface area contributed by atoms with E-state index >= 15 is 0 Å². The molecule has 0 radical (unpaired) electrons. The molecule has 3 amide bonds. The van der Waals surface area contributed by atoms with Crippen molar-refractivity contribution in [1.82, 2.24) is 10.9 Å². The fourth-order valence-electron chi connectivity index (χ4n) is 3.03. The molecule has 30 heavy (non-hydrogen) atoms. The predicted octanol–water partition coefficient (Wildman–Crippen LogP) is 2.04. The van der Waals surface area contributed by atoms with Crippen LogP contribution in [0.1, 0.15) is 24.0 Å². The molecule has 2 aromatic rings. The topological polar surface area (TPSA) is 97.0 Å². The van der Waals surface area contributed by atoms with Crippen LogP contribution in [0.2, 0.25) is 0 Å². The predicted molar refractivity (Wildman–Crippen MR) is 111 cm³/mol. The van der Waals surface area contributed by atoms with Gasteiger partial charge in [0.05, 0.1) is 12.2 Å². The standard InChI is InChI=1S/C22H25N3O5/c1-15-7-8-16(2)19(13-15)30-14-21(27)24-23-20(26)9-10-22(28)25-11-12-29-18-6-4-3-5-17(18)25/h3-8,13H,9-12,14H2,1-2H3,(H,23,26)(H,24,27). The number of amides is 3. The fraction of sp³-hybridized carbons (Fsp3) is 0.318. The minimum absolute atomic E-state index is 0.0228. The third-order valence-corrected chi connectivity index (χ3v) is 4.64. The van der Waals surface area contributed by atoms with Gasteiger partial charge in [-0.05, 0) is 43.2 Å². The molecule has 1 aliphatic rings. The van der Waals surface area contributed by atoms with Crippen LogP contribution in [-0.2, 0) is 14.4 Å². The van der Waals surface area contributed by atoms with Crippen LogP contribution in [0.15, 0.2) is 42.5 Å². The number of hydrogen-bond acceptors (Lipinski definition) is 5. The van der Waals surface area contributed by atoms with Crippen LogP contribution in [-0.4, -0.2) is 37.5 Å². The van der Waals surface area contributed by atoms with Gasteiger partial charge in [-0.15, -0.1) is 0 Å². The normalized spacial score (nSPS) is 12.4. The minimum Gasteiger partial charge on any atom is -0.490 e. The maximum atomic E-state index is 12.5. The summed E-state index contributed by atoms with van der Waals surface area (Å²) in [7, 11) is 0. The lowest BCUT2D eigenvalue weighted by Crippen LogP contribution is -2.44. The van der Waals surface area contributed by atoms with Crippen molar-refractivity contribution in [3.05, 3.63) is 53.6 Å². The highest BCUT2D eigenvalue weighted by atomic mass is 16.5. The Balaban J connectivity index is 1.40. The largest absolute Gasteiger partial charge is 0.490 e. The summed E-state index contributed by atoms with van der Waals surface area (Å²) in [4.78, 5) is 38.0. The highest BCUT2D eigenvalue weighted by Crippen LogP contribution is 2.31. The summed E-state index contributed by atoms with van der Waals surface area (Å²) in [6, 6.07) is 13.0. The lowest BCUT2D eigenvalue weighted by Gasteiger charge is -2.29. The molecule has 0 atom stereocenters. The van der Waals surface area contributed by atoms with Crippen LogP contribution in [0.3, 0.4) is 0 Å². The van der Waals surface area contributed by atoms with E-state index in [9.17, 15) is 14.4 Å². The van der Waals surface area contributed by atoms with E-state index in [4.69, 9.17) is 9.47 Å². The number of fused-ring (bicyclic) bond motifs is 1. The molecule has 0 aromatic heterocycles. The zero-order valence-electron chi connectivity index (χ0n) is 17.1. The van der Waals surface area contributed by atoms with Crippen LogP contribution in [0.5, 0.6) is 11.5 Å². The van der Waals surface area contributed by atoms with Crippen molar-refractivity contribution in [1.29, 1.82) is 0 Å². The van der Waals surface area contributed by atoms with E-state index < -0.39 is 11.8 Å². The van der Waals surface area contributed by atoms with E-state index in [-0.39, 0.29) is 25.4 Å². The molecule has 0 unspecified atom stereocenters. The van der Waals surface area contributed by atoms with Crippen LogP contribution in [0.25, 0.3) is 0 Å². The molecule has 0 spiro atoms. The first kappa shape index (κ1) is 21.2. The molecule has 0 bridgehead atoms. The van der Waals surface area contributed by atoms with Crippen molar-refractivity contribution in [3.63, 3.8) is 0 Å². The van der Waals surface area contributed by atoms with Gasteiger partial charge >= 0.3 is 0 Å². The maximum Gasteiger partial charge on any atom is 0.276 e. The van der Waals surface area contributed by atoms with E-state index in [1.165, 1.54) is 0 Å².